The molecule has 2 aromatic heterocycles. The Morgan fingerprint density at radius 1 is 1.25 bits per heavy atom. The van der Waals surface area contributed by atoms with Gasteiger partial charge in [-0.2, -0.15) is 0 Å². The lowest BCUT2D eigenvalue weighted by Gasteiger charge is -2.11. The van der Waals surface area contributed by atoms with Gasteiger partial charge in [0.15, 0.2) is 0 Å². The summed E-state index contributed by atoms with van der Waals surface area (Å²) in [5, 5.41) is 4.39. The monoisotopic (exact) mass is 287 g/mol. The lowest BCUT2D eigenvalue weighted by molar-refractivity contribution is 0.582. The smallest absolute Gasteiger partial charge is 0.101 e. The topological polar surface area (TPSA) is 37.8 Å². The van der Waals surface area contributed by atoms with Crippen LogP contribution in [0.1, 0.15) is 36.8 Å². The van der Waals surface area contributed by atoms with Crippen molar-refractivity contribution in [1.29, 1.82) is 0 Å². The molecule has 0 saturated carbocycles. The predicted molar refractivity (Wildman–Crippen MR) is 84.2 cm³/mol. The van der Waals surface area contributed by atoms with E-state index < -0.39 is 0 Å². The van der Waals surface area contributed by atoms with E-state index >= 15 is 0 Å². The van der Waals surface area contributed by atoms with Gasteiger partial charge in [-0.25, -0.2) is 4.98 Å². The Hall–Kier alpha value is -1.39. The van der Waals surface area contributed by atoms with Crippen LogP contribution in [0.4, 0.5) is 0 Å². The van der Waals surface area contributed by atoms with Crippen molar-refractivity contribution in [1.82, 2.24) is 15.3 Å². The first-order chi connectivity index (χ1) is 9.58. The molecule has 3 nitrogen and oxygen atoms in total. The first-order valence-electron chi connectivity index (χ1n) is 6.91. The maximum Gasteiger partial charge on any atom is 0.101 e. The standard InChI is InChI=1S/C16H21N3S/c1-5-17-13(4)15-7-6-14(10-18-15)20-16-9-11(2)8-12(3)19-16/h6-10,13,17H,5H2,1-4H3. The van der Waals surface area contributed by atoms with Crippen molar-refractivity contribution in [3.63, 3.8) is 0 Å². The largest absolute Gasteiger partial charge is 0.309 e. The SMILES string of the molecule is CCNC(C)c1ccc(Sc2cc(C)cc(C)n2)cn1. The summed E-state index contributed by atoms with van der Waals surface area (Å²) in [5.41, 5.74) is 3.37. The van der Waals surface area contributed by atoms with Crippen molar-refractivity contribution in [2.45, 2.75) is 43.7 Å². The second-order valence-corrected chi connectivity index (χ2v) is 6.02. The van der Waals surface area contributed by atoms with Crippen LogP contribution in [-0.4, -0.2) is 16.5 Å². The molecule has 0 aliphatic rings. The van der Waals surface area contributed by atoms with Crippen LogP contribution in [0.2, 0.25) is 0 Å². The van der Waals surface area contributed by atoms with Gasteiger partial charge in [-0.05, 0) is 57.1 Å². The zero-order chi connectivity index (χ0) is 14.5. The van der Waals surface area contributed by atoms with Crippen molar-refractivity contribution >= 4 is 11.8 Å². The summed E-state index contributed by atoms with van der Waals surface area (Å²) in [5.74, 6) is 0. The highest BCUT2D eigenvalue weighted by atomic mass is 32.2. The van der Waals surface area contributed by atoms with Gasteiger partial charge in [-0.15, -0.1) is 0 Å². The van der Waals surface area contributed by atoms with Gasteiger partial charge in [0.2, 0.25) is 0 Å². The minimum absolute atomic E-state index is 0.290. The fraction of sp³-hybridized carbons (Fsp3) is 0.375. The summed E-state index contributed by atoms with van der Waals surface area (Å²) in [6, 6.07) is 8.67. The van der Waals surface area contributed by atoms with Gasteiger partial charge in [-0.1, -0.05) is 18.7 Å². The highest BCUT2D eigenvalue weighted by Crippen LogP contribution is 2.27. The van der Waals surface area contributed by atoms with E-state index in [-0.39, 0.29) is 0 Å². The quantitative estimate of drug-likeness (QED) is 0.904. The lowest BCUT2D eigenvalue weighted by Crippen LogP contribution is -2.18. The molecule has 0 saturated heterocycles. The van der Waals surface area contributed by atoms with Gasteiger partial charge < -0.3 is 5.32 Å². The van der Waals surface area contributed by atoms with Crippen LogP contribution >= 0.6 is 11.8 Å². The molecule has 0 radical (unpaired) electrons. The van der Waals surface area contributed by atoms with E-state index in [4.69, 9.17) is 0 Å². The van der Waals surface area contributed by atoms with Gasteiger partial charge in [0.05, 0.1) is 5.69 Å². The van der Waals surface area contributed by atoms with Crippen LogP contribution in [0.15, 0.2) is 40.4 Å². The number of aryl methyl sites for hydroxylation is 2. The molecule has 4 heteroatoms. The van der Waals surface area contributed by atoms with Gasteiger partial charge in [0, 0.05) is 22.8 Å². The molecule has 20 heavy (non-hydrogen) atoms. The van der Waals surface area contributed by atoms with Crippen molar-refractivity contribution < 1.29 is 0 Å². The van der Waals surface area contributed by atoms with Crippen LogP contribution in [0.5, 0.6) is 0 Å². The van der Waals surface area contributed by atoms with Crippen molar-refractivity contribution in [3.8, 4) is 0 Å². The molecule has 2 rings (SSSR count). The van der Waals surface area contributed by atoms with Crippen LogP contribution in [0.25, 0.3) is 0 Å². The van der Waals surface area contributed by atoms with Gasteiger partial charge >= 0.3 is 0 Å². The third-order valence-electron chi connectivity index (χ3n) is 3.01. The number of rotatable bonds is 5. The predicted octanol–water partition coefficient (Wildman–Crippen LogP) is 3.92. The number of nitrogens with zero attached hydrogens (tertiary/aromatic N) is 2. The average Bonchev–Trinajstić information content (AvgIpc) is 2.38. The summed E-state index contributed by atoms with van der Waals surface area (Å²) < 4.78 is 0. The first-order valence-corrected chi connectivity index (χ1v) is 7.72. The van der Waals surface area contributed by atoms with E-state index in [1.165, 1.54) is 5.56 Å². The number of hydrogen-bond donors (Lipinski definition) is 1. The Kier molecular flexibility index (Phi) is 5.15. The van der Waals surface area contributed by atoms with E-state index in [9.17, 15) is 0 Å². The molecule has 106 valence electrons. The van der Waals surface area contributed by atoms with E-state index in [0.29, 0.717) is 6.04 Å². The normalized spacial score (nSPS) is 12.4. The van der Waals surface area contributed by atoms with Crippen LogP contribution in [-0.2, 0) is 0 Å². The van der Waals surface area contributed by atoms with Crippen LogP contribution in [0, 0.1) is 13.8 Å². The summed E-state index contributed by atoms with van der Waals surface area (Å²) in [7, 11) is 0. The highest BCUT2D eigenvalue weighted by molar-refractivity contribution is 7.99. The third kappa shape index (κ3) is 4.05. The molecule has 1 unspecified atom stereocenters. The average molecular weight is 287 g/mol. The highest BCUT2D eigenvalue weighted by Gasteiger charge is 2.06. The summed E-state index contributed by atoms with van der Waals surface area (Å²) in [4.78, 5) is 10.2. The number of nitrogens with one attached hydrogen (secondary N) is 1. The molecule has 2 heterocycles. The zero-order valence-corrected chi connectivity index (χ0v) is 13.3. The lowest BCUT2D eigenvalue weighted by atomic mass is 10.2. The molecule has 0 bridgehead atoms. The summed E-state index contributed by atoms with van der Waals surface area (Å²) in [6.45, 7) is 9.30. The zero-order valence-electron chi connectivity index (χ0n) is 12.5. The number of pyridine rings is 2. The van der Waals surface area contributed by atoms with Crippen molar-refractivity contribution in [2.75, 3.05) is 6.54 Å². The summed E-state index contributed by atoms with van der Waals surface area (Å²) >= 11 is 1.66. The fourth-order valence-corrected chi connectivity index (χ4v) is 3.01. The molecule has 0 spiro atoms. The minimum atomic E-state index is 0.290. The first kappa shape index (κ1) is 15.0. The second kappa shape index (κ2) is 6.86. The van der Waals surface area contributed by atoms with Crippen molar-refractivity contribution in [2.24, 2.45) is 0 Å². The maximum absolute atomic E-state index is 4.54. The molecule has 2 aromatic rings. The molecule has 1 N–H and O–H groups in total. The summed E-state index contributed by atoms with van der Waals surface area (Å²) in [6.07, 6.45) is 1.92. The molecule has 0 aliphatic heterocycles. The fourth-order valence-electron chi connectivity index (χ4n) is 2.10. The van der Waals surface area contributed by atoms with E-state index in [0.717, 1.165) is 27.9 Å². The number of aromatic nitrogens is 2. The van der Waals surface area contributed by atoms with Crippen LogP contribution < -0.4 is 5.32 Å². The van der Waals surface area contributed by atoms with E-state index in [2.05, 4.69) is 60.3 Å². The van der Waals surface area contributed by atoms with E-state index in [1.54, 1.807) is 11.8 Å². The molecular formula is C16H21N3S. The minimum Gasteiger partial charge on any atom is -0.309 e. The maximum atomic E-state index is 4.54. The van der Waals surface area contributed by atoms with Gasteiger partial charge in [-0.3, -0.25) is 4.98 Å². The molecular weight excluding hydrogens is 266 g/mol. The molecule has 0 aromatic carbocycles. The number of hydrogen-bond acceptors (Lipinski definition) is 4. The Labute approximate surface area is 125 Å². The molecule has 1 atom stereocenters. The second-order valence-electron chi connectivity index (χ2n) is 4.92. The molecule has 0 fully saturated rings. The van der Waals surface area contributed by atoms with Crippen LogP contribution in [0.3, 0.4) is 0 Å². The Balaban J connectivity index is 2.10. The molecule has 0 aliphatic carbocycles. The molecule has 0 amide bonds. The van der Waals surface area contributed by atoms with Gasteiger partial charge in [0.25, 0.3) is 0 Å². The Bertz CT molecular complexity index is 546. The third-order valence-corrected chi connectivity index (χ3v) is 3.91. The Morgan fingerprint density at radius 3 is 2.65 bits per heavy atom. The van der Waals surface area contributed by atoms with E-state index in [1.807, 2.05) is 13.1 Å². The van der Waals surface area contributed by atoms with Gasteiger partial charge in [0.1, 0.15) is 5.03 Å². The Morgan fingerprint density at radius 2 is 2.05 bits per heavy atom. The van der Waals surface area contributed by atoms with Crippen molar-refractivity contribution in [3.05, 3.63) is 47.4 Å².